The first kappa shape index (κ1) is 25.1. The summed E-state index contributed by atoms with van der Waals surface area (Å²) in [6, 6.07) is 6.35. The number of amides is 2. The van der Waals surface area contributed by atoms with Gasteiger partial charge in [0.05, 0.1) is 11.6 Å². The fourth-order valence-electron chi connectivity index (χ4n) is 6.34. The molecule has 9 heteroatoms. The molecule has 2 N–H and O–H groups in total. The zero-order valence-corrected chi connectivity index (χ0v) is 22.8. The summed E-state index contributed by atoms with van der Waals surface area (Å²) in [5.74, 6) is 1.52. The van der Waals surface area contributed by atoms with E-state index in [0.717, 1.165) is 80.9 Å². The Morgan fingerprint density at radius 1 is 1.08 bits per heavy atom. The van der Waals surface area contributed by atoms with Gasteiger partial charge in [-0.2, -0.15) is 4.98 Å². The van der Waals surface area contributed by atoms with Gasteiger partial charge in [0, 0.05) is 36.9 Å². The third-order valence-corrected chi connectivity index (χ3v) is 9.02. The van der Waals surface area contributed by atoms with Crippen LogP contribution in [0.1, 0.15) is 67.3 Å². The van der Waals surface area contributed by atoms with Crippen molar-refractivity contribution in [2.45, 2.75) is 70.4 Å². The molecule has 0 radical (unpaired) electrons. The zero-order chi connectivity index (χ0) is 26.4. The van der Waals surface area contributed by atoms with Gasteiger partial charge in [-0.05, 0) is 89.3 Å². The highest BCUT2D eigenvalue weighted by Gasteiger charge is 2.55. The van der Waals surface area contributed by atoms with E-state index in [4.69, 9.17) is 4.98 Å². The molecule has 0 unspecified atom stereocenters. The Bertz CT molecular complexity index is 1230. The molecule has 4 aliphatic rings. The Balaban J connectivity index is 1.22. The van der Waals surface area contributed by atoms with E-state index in [-0.39, 0.29) is 23.3 Å². The van der Waals surface area contributed by atoms with E-state index in [1.165, 1.54) is 12.8 Å². The van der Waals surface area contributed by atoms with Gasteiger partial charge in [-0.25, -0.2) is 4.98 Å². The number of likely N-dealkylation sites (tertiary alicyclic amines) is 1. The molecule has 9 nitrogen and oxygen atoms in total. The number of aromatic nitrogens is 2. The maximum atomic E-state index is 13.3. The molecule has 1 spiro atoms. The van der Waals surface area contributed by atoms with Gasteiger partial charge in [0.15, 0.2) is 5.82 Å². The molecular weight excluding hydrogens is 478 g/mol. The Kier molecular flexibility index (Phi) is 6.50. The topological polar surface area (TPSA) is 93.7 Å². The first-order valence-electron chi connectivity index (χ1n) is 14.1. The van der Waals surface area contributed by atoms with E-state index in [1.54, 1.807) is 11.1 Å². The van der Waals surface area contributed by atoms with Crippen molar-refractivity contribution in [2.75, 3.05) is 48.8 Å². The van der Waals surface area contributed by atoms with Crippen molar-refractivity contribution in [1.82, 2.24) is 20.2 Å². The quantitative estimate of drug-likeness (QED) is 0.622. The Hall–Kier alpha value is -3.20. The second-order valence-corrected chi connectivity index (χ2v) is 11.8. The summed E-state index contributed by atoms with van der Waals surface area (Å²) in [6.45, 7) is 4.75. The number of benzene rings is 1. The Morgan fingerprint density at radius 3 is 2.50 bits per heavy atom. The maximum absolute atomic E-state index is 13.3. The number of piperidine rings is 1. The second kappa shape index (κ2) is 9.84. The van der Waals surface area contributed by atoms with Crippen molar-refractivity contribution in [3.05, 3.63) is 35.5 Å². The third kappa shape index (κ3) is 4.72. The normalized spacial score (nSPS) is 21.9. The van der Waals surface area contributed by atoms with Gasteiger partial charge < -0.3 is 25.3 Å². The van der Waals surface area contributed by atoms with Gasteiger partial charge in [0.2, 0.25) is 11.9 Å². The van der Waals surface area contributed by atoms with Crippen LogP contribution in [0.3, 0.4) is 0 Å². The molecule has 0 atom stereocenters. The minimum Gasteiger partial charge on any atom is -0.351 e. The van der Waals surface area contributed by atoms with Crippen molar-refractivity contribution >= 4 is 35.0 Å². The summed E-state index contributed by atoms with van der Waals surface area (Å²) in [5.41, 5.74) is 3.00. The molecule has 1 aromatic carbocycles. The van der Waals surface area contributed by atoms with Crippen molar-refractivity contribution < 1.29 is 9.59 Å². The van der Waals surface area contributed by atoms with E-state index in [2.05, 4.69) is 32.5 Å². The van der Waals surface area contributed by atoms with Crippen LogP contribution in [-0.4, -0.2) is 72.5 Å². The molecule has 202 valence electrons. The molecule has 1 saturated heterocycles. The Labute approximate surface area is 225 Å². The maximum Gasteiger partial charge on any atom is 0.251 e. The number of rotatable bonds is 5. The van der Waals surface area contributed by atoms with Gasteiger partial charge in [0.25, 0.3) is 5.91 Å². The molecular formula is C29H39N7O2. The molecule has 0 bridgehead atoms. The fourth-order valence-corrected chi connectivity index (χ4v) is 6.34. The van der Waals surface area contributed by atoms with Gasteiger partial charge >= 0.3 is 0 Å². The number of carbonyl (C=O) groups is 2. The SMILES string of the molecule is Cc1cc(C(=O)NC2CCN(C)CC2)ccc1Nc1ncc2c(n1)N(C1CCCC1)CC1(CC1)C(=O)N2C. The zero-order valence-electron chi connectivity index (χ0n) is 22.8. The number of carbonyl (C=O) groups excluding carboxylic acids is 2. The third-order valence-electron chi connectivity index (χ3n) is 9.02. The molecule has 1 aromatic heterocycles. The lowest BCUT2D eigenvalue weighted by Crippen LogP contribution is -2.43. The molecule has 38 heavy (non-hydrogen) atoms. The van der Waals surface area contributed by atoms with Crippen LogP contribution in [0.25, 0.3) is 0 Å². The lowest BCUT2D eigenvalue weighted by Gasteiger charge is -2.31. The highest BCUT2D eigenvalue weighted by atomic mass is 16.2. The van der Waals surface area contributed by atoms with Gasteiger partial charge in [0.1, 0.15) is 5.69 Å². The molecule has 2 aromatic rings. The lowest BCUT2D eigenvalue weighted by molar-refractivity contribution is -0.122. The van der Waals surface area contributed by atoms with Crippen LogP contribution in [0, 0.1) is 12.3 Å². The molecule has 2 amide bonds. The summed E-state index contributed by atoms with van der Waals surface area (Å²) >= 11 is 0. The monoisotopic (exact) mass is 517 g/mol. The van der Waals surface area contributed by atoms with Gasteiger partial charge in [-0.1, -0.05) is 12.8 Å². The number of hydrogen-bond donors (Lipinski definition) is 2. The predicted molar refractivity (Wildman–Crippen MR) is 149 cm³/mol. The minimum absolute atomic E-state index is 0.0237. The number of nitrogens with one attached hydrogen (secondary N) is 2. The first-order chi connectivity index (χ1) is 18.3. The number of nitrogens with zero attached hydrogens (tertiary/aromatic N) is 5. The first-order valence-corrected chi connectivity index (χ1v) is 14.1. The van der Waals surface area contributed by atoms with E-state index in [0.29, 0.717) is 17.6 Å². The summed E-state index contributed by atoms with van der Waals surface area (Å²) < 4.78 is 0. The highest BCUT2D eigenvalue weighted by Crippen LogP contribution is 2.52. The van der Waals surface area contributed by atoms with Crippen LogP contribution in [-0.2, 0) is 4.79 Å². The Morgan fingerprint density at radius 2 is 1.82 bits per heavy atom. The van der Waals surface area contributed by atoms with E-state index in [1.807, 2.05) is 32.2 Å². The van der Waals surface area contributed by atoms with E-state index in [9.17, 15) is 9.59 Å². The number of anilines is 4. The standard InChI is InChI=1S/C29H39N7O2/c1-19-16-20(26(37)31-21-10-14-34(2)15-11-21)8-9-23(19)32-28-30-17-24-25(33-28)36(22-6-4-5-7-22)18-29(12-13-29)27(38)35(24)3/h8-9,16-17,21-22H,4-7,10-15,18H2,1-3H3,(H,31,37)(H,30,32,33). The average Bonchev–Trinajstić information content (AvgIpc) is 3.52. The van der Waals surface area contributed by atoms with Crippen LogP contribution >= 0.6 is 0 Å². The largest absolute Gasteiger partial charge is 0.351 e. The molecule has 6 rings (SSSR count). The average molecular weight is 518 g/mol. The predicted octanol–water partition coefficient (Wildman–Crippen LogP) is 3.86. The van der Waals surface area contributed by atoms with Gasteiger partial charge in [-0.15, -0.1) is 0 Å². The van der Waals surface area contributed by atoms with Crippen molar-refractivity contribution in [3.8, 4) is 0 Å². The molecule has 2 saturated carbocycles. The molecule has 2 aliphatic heterocycles. The summed E-state index contributed by atoms with van der Waals surface area (Å²) in [5, 5.41) is 6.57. The van der Waals surface area contributed by atoms with Crippen LogP contribution in [0.2, 0.25) is 0 Å². The van der Waals surface area contributed by atoms with E-state index < -0.39 is 0 Å². The van der Waals surface area contributed by atoms with Gasteiger partial charge in [-0.3, -0.25) is 9.59 Å². The summed E-state index contributed by atoms with van der Waals surface area (Å²) in [4.78, 5) is 42.2. The van der Waals surface area contributed by atoms with Crippen molar-refractivity contribution in [3.63, 3.8) is 0 Å². The minimum atomic E-state index is -0.272. The van der Waals surface area contributed by atoms with Crippen molar-refractivity contribution in [2.24, 2.45) is 5.41 Å². The number of hydrogen-bond acceptors (Lipinski definition) is 7. The number of aryl methyl sites for hydroxylation is 1. The van der Waals surface area contributed by atoms with Crippen LogP contribution in [0.5, 0.6) is 0 Å². The van der Waals surface area contributed by atoms with Crippen LogP contribution in [0.15, 0.2) is 24.4 Å². The fraction of sp³-hybridized carbons (Fsp3) is 0.586. The van der Waals surface area contributed by atoms with E-state index >= 15 is 0 Å². The van der Waals surface area contributed by atoms with Crippen LogP contribution in [0.4, 0.5) is 23.1 Å². The second-order valence-electron chi connectivity index (χ2n) is 11.8. The molecule has 3 heterocycles. The molecule has 3 fully saturated rings. The summed E-state index contributed by atoms with van der Waals surface area (Å²) in [6.07, 6.45) is 10.4. The molecule has 2 aliphatic carbocycles. The summed E-state index contributed by atoms with van der Waals surface area (Å²) in [7, 11) is 3.98. The number of fused-ring (bicyclic) bond motifs is 1. The smallest absolute Gasteiger partial charge is 0.251 e. The lowest BCUT2D eigenvalue weighted by atomic mass is 10.0. The highest BCUT2D eigenvalue weighted by molar-refractivity contribution is 6.03. The van der Waals surface area contributed by atoms with Crippen molar-refractivity contribution in [1.29, 1.82) is 0 Å². The van der Waals surface area contributed by atoms with Crippen LogP contribution < -0.4 is 20.4 Å².